The molecule has 0 aliphatic heterocycles. The molecule has 0 saturated heterocycles. The maximum Gasteiger partial charge on any atom is 0.261 e. The molecule has 0 fully saturated rings. The van der Waals surface area contributed by atoms with E-state index in [-0.39, 0.29) is 5.56 Å². The fraction of sp³-hybridized carbons (Fsp3) is 0. The Balaban J connectivity index is 1.55. The molecule has 4 nitrogen and oxygen atoms in total. The number of H-pyrrole nitrogens is 1. The van der Waals surface area contributed by atoms with Crippen molar-refractivity contribution in [1.29, 1.82) is 0 Å². The molecular weight excluding hydrogens is 384 g/mol. The van der Waals surface area contributed by atoms with Gasteiger partial charge in [-0.3, -0.25) is 9.59 Å². The van der Waals surface area contributed by atoms with Crippen molar-refractivity contribution in [3.05, 3.63) is 112 Å². The first-order chi connectivity index (χ1) is 14.1. The monoisotopic (exact) mass is 400 g/mol. The first kappa shape index (κ1) is 18.7. The zero-order chi connectivity index (χ0) is 20.2. The van der Waals surface area contributed by atoms with Gasteiger partial charge in [0.1, 0.15) is 5.56 Å². The van der Waals surface area contributed by atoms with Crippen LogP contribution in [0, 0.1) is 0 Å². The Labute approximate surface area is 172 Å². The molecule has 5 heteroatoms. The number of aromatic amines is 1. The third-order valence-electron chi connectivity index (χ3n) is 4.54. The quantitative estimate of drug-likeness (QED) is 0.467. The zero-order valence-corrected chi connectivity index (χ0v) is 16.1. The van der Waals surface area contributed by atoms with Gasteiger partial charge in [0.2, 0.25) is 0 Å². The van der Waals surface area contributed by atoms with Crippen molar-refractivity contribution in [2.45, 2.75) is 0 Å². The Morgan fingerprint density at radius 3 is 2.14 bits per heavy atom. The highest BCUT2D eigenvalue weighted by atomic mass is 35.5. The molecule has 0 bridgehead atoms. The maximum absolute atomic E-state index is 12.5. The lowest BCUT2D eigenvalue weighted by atomic mass is 10.0. The normalized spacial score (nSPS) is 10.5. The van der Waals surface area contributed by atoms with E-state index in [1.807, 2.05) is 54.6 Å². The molecule has 1 heterocycles. The van der Waals surface area contributed by atoms with Crippen LogP contribution in [0.4, 0.5) is 5.69 Å². The first-order valence-corrected chi connectivity index (χ1v) is 9.44. The van der Waals surface area contributed by atoms with Gasteiger partial charge in [-0.05, 0) is 47.0 Å². The zero-order valence-electron chi connectivity index (χ0n) is 15.4. The van der Waals surface area contributed by atoms with Crippen molar-refractivity contribution in [1.82, 2.24) is 4.98 Å². The predicted octanol–water partition coefficient (Wildman–Crippen LogP) is 5.61. The minimum atomic E-state index is -0.487. The molecular formula is C24H17ClN2O2. The third-order valence-corrected chi connectivity index (χ3v) is 4.77. The molecule has 0 saturated carbocycles. The number of hydrogen-bond acceptors (Lipinski definition) is 2. The molecule has 4 aromatic rings. The second-order valence-electron chi connectivity index (χ2n) is 6.52. The third kappa shape index (κ3) is 4.28. The molecule has 0 radical (unpaired) electrons. The van der Waals surface area contributed by atoms with Gasteiger partial charge in [-0.25, -0.2) is 0 Å². The van der Waals surface area contributed by atoms with E-state index >= 15 is 0 Å². The smallest absolute Gasteiger partial charge is 0.261 e. The fourth-order valence-corrected chi connectivity index (χ4v) is 3.25. The number of aromatic nitrogens is 1. The fourth-order valence-electron chi connectivity index (χ4n) is 3.06. The molecule has 142 valence electrons. The number of hydrogen-bond donors (Lipinski definition) is 2. The summed E-state index contributed by atoms with van der Waals surface area (Å²) < 4.78 is 0. The van der Waals surface area contributed by atoms with Crippen LogP contribution in [0.5, 0.6) is 0 Å². The Morgan fingerprint density at radius 1 is 0.759 bits per heavy atom. The summed E-state index contributed by atoms with van der Waals surface area (Å²) in [5.74, 6) is -0.487. The van der Waals surface area contributed by atoms with Crippen LogP contribution in [0.2, 0.25) is 5.02 Å². The van der Waals surface area contributed by atoms with Crippen molar-refractivity contribution in [3.8, 4) is 22.4 Å². The van der Waals surface area contributed by atoms with Crippen LogP contribution in [-0.2, 0) is 0 Å². The molecule has 0 unspecified atom stereocenters. The SMILES string of the molecule is O=C(Nc1cccc(Cl)c1)c1ccc(-c2ccc(-c3ccccc3)cc2)[nH]c1=O. The van der Waals surface area contributed by atoms with Crippen LogP contribution in [0.1, 0.15) is 10.4 Å². The van der Waals surface area contributed by atoms with Crippen LogP contribution < -0.4 is 10.9 Å². The second-order valence-corrected chi connectivity index (χ2v) is 6.96. The summed E-state index contributed by atoms with van der Waals surface area (Å²) in [7, 11) is 0. The van der Waals surface area contributed by atoms with Gasteiger partial charge in [0.05, 0.1) is 0 Å². The number of nitrogens with one attached hydrogen (secondary N) is 2. The van der Waals surface area contributed by atoms with Gasteiger partial charge in [-0.2, -0.15) is 0 Å². The average Bonchev–Trinajstić information content (AvgIpc) is 2.74. The Morgan fingerprint density at radius 2 is 1.45 bits per heavy atom. The van der Waals surface area contributed by atoms with E-state index in [2.05, 4.69) is 10.3 Å². The Bertz CT molecular complexity index is 1220. The van der Waals surface area contributed by atoms with E-state index in [4.69, 9.17) is 11.6 Å². The highest BCUT2D eigenvalue weighted by Gasteiger charge is 2.12. The maximum atomic E-state index is 12.5. The van der Waals surface area contributed by atoms with Crippen LogP contribution in [0.25, 0.3) is 22.4 Å². The molecule has 4 rings (SSSR count). The van der Waals surface area contributed by atoms with Crippen molar-refractivity contribution < 1.29 is 4.79 Å². The predicted molar refractivity (Wildman–Crippen MR) is 117 cm³/mol. The van der Waals surface area contributed by atoms with Crippen molar-refractivity contribution >= 4 is 23.2 Å². The molecule has 2 N–H and O–H groups in total. The van der Waals surface area contributed by atoms with Gasteiger partial charge in [0, 0.05) is 16.4 Å². The molecule has 29 heavy (non-hydrogen) atoms. The molecule has 3 aromatic carbocycles. The number of amides is 1. The number of rotatable bonds is 4. The van der Waals surface area contributed by atoms with Gasteiger partial charge in [0.15, 0.2) is 0 Å². The summed E-state index contributed by atoms with van der Waals surface area (Å²) in [5.41, 5.74) is 3.85. The summed E-state index contributed by atoms with van der Waals surface area (Å²) >= 11 is 5.93. The summed E-state index contributed by atoms with van der Waals surface area (Å²) in [6.45, 7) is 0. The summed E-state index contributed by atoms with van der Waals surface area (Å²) in [6.07, 6.45) is 0. The number of carbonyl (C=O) groups is 1. The van der Waals surface area contributed by atoms with E-state index in [0.29, 0.717) is 16.4 Å². The van der Waals surface area contributed by atoms with Crippen molar-refractivity contribution in [2.75, 3.05) is 5.32 Å². The van der Waals surface area contributed by atoms with Gasteiger partial charge >= 0.3 is 0 Å². The molecule has 0 spiro atoms. The lowest BCUT2D eigenvalue weighted by Gasteiger charge is -2.07. The van der Waals surface area contributed by atoms with Gasteiger partial charge in [-0.15, -0.1) is 0 Å². The van der Waals surface area contributed by atoms with Crippen LogP contribution in [-0.4, -0.2) is 10.9 Å². The number of anilines is 1. The minimum Gasteiger partial charge on any atom is -0.322 e. The van der Waals surface area contributed by atoms with E-state index < -0.39 is 11.5 Å². The van der Waals surface area contributed by atoms with Crippen molar-refractivity contribution in [2.24, 2.45) is 0 Å². The lowest BCUT2D eigenvalue weighted by molar-refractivity contribution is 0.102. The highest BCUT2D eigenvalue weighted by Crippen LogP contribution is 2.23. The molecule has 0 atom stereocenters. The summed E-state index contributed by atoms with van der Waals surface area (Å²) in [6, 6.07) is 28.0. The van der Waals surface area contributed by atoms with Gasteiger partial charge in [-0.1, -0.05) is 72.3 Å². The van der Waals surface area contributed by atoms with Gasteiger partial charge < -0.3 is 10.3 Å². The number of benzene rings is 3. The summed E-state index contributed by atoms with van der Waals surface area (Å²) in [5, 5.41) is 3.19. The van der Waals surface area contributed by atoms with Crippen LogP contribution >= 0.6 is 11.6 Å². The van der Waals surface area contributed by atoms with E-state index in [1.165, 1.54) is 6.07 Å². The first-order valence-electron chi connectivity index (χ1n) is 9.06. The second kappa shape index (κ2) is 8.17. The lowest BCUT2D eigenvalue weighted by Crippen LogP contribution is -2.23. The topological polar surface area (TPSA) is 62.0 Å². The minimum absolute atomic E-state index is 0.0367. The average molecular weight is 401 g/mol. The molecule has 1 amide bonds. The van der Waals surface area contributed by atoms with E-state index in [0.717, 1.165) is 16.7 Å². The van der Waals surface area contributed by atoms with Crippen LogP contribution in [0.3, 0.4) is 0 Å². The standard InChI is InChI=1S/C24H17ClN2O2/c25-19-7-4-8-20(15-19)26-23(28)21-13-14-22(27-24(21)29)18-11-9-17(10-12-18)16-5-2-1-3-6-16/h1-15H,(H,26,28)(H,27,29). The van der Waals surface area contributed by atoms with Crippen LogP contribution in [0.15, 0.2) is 95.8 Å². The highest BCUT2D eigenvalue weighted by molar-refractivity contribution is 6.31. The Kier molecular flexibility index (Phi) is 5.27. The van der Waals surface area contributed by atoms with Gasteiger partial charge in [0.25, 0.3) is 11.5 Å². The Hall–Kier alpha value is -3.63. The number of pyridine rings is 1. The van der Waals surface area contributed by atoms with Crippen molar-refractivity contribution in [3.63, 3.8) is 0 Å². The largest absolute Gasteiger partial charge is 0.322 e. The number of halogens is 1. The molecule has 1 aromatic heterocycles. The number of carbonyl (C=O) groups excluding carboxylic acids is 1. The molecule has 0 aliphatic carbocycles. The molecule has 0 aliphatic rings. The summed E-state index contributed by atoms with van der Waals surface area (Å²) in [4.78, 5) is 27.7. The van der Waals surface area contributed by atoms with E-state index in [9.17, 15) is 9.59 Å². The van der Waals surface area contributed by atoms with E-state index in [1.54, 1.807) is 30.3 Å².